The van der Waals surface area contributed by atoms with Crippen molar-refractivity contribution in [3.63, 3.8) is 0 Å². The van der Waals surface area contributed by atoms with Crippen LogP contribution in [0.3, 0.4) is 0 Å². The van der Waals surface area contributed by atoms with Crippen molar-refractivity contribution >= 4 is 35.2 Å². The zero-order chi connectivity index (χ0) is 25.7. The minimum Gasteiger partial charge on any atom is -0.493 e. The first kappa shape index (κ1) is 25.1. The van der Waals surface area contributed by atoms with Crippen molar-refractivity contribution in [1.82, 2.24) is 4.90 Å². The summed E-state index contributed by atoms with van der Waals surface area (Å²) in [5.74, 6) is 0.931. The molecule has 3 amide bonds. The zero-order valence-electron chi connectivity index (χ0n) is 20.8. The fourth-order valence-electron chi connectivity index (χ4n) is 4.34. The Balaban J connectivity index is 1.48. The number of piperidine rings is 1. The predicted octanol–water partition coefficient (Wildman–Crippen LogP) is 3.48. The summed E-state index contributed by atoms with van der Waals surface area (Å²) < 4.78 is 16.3. The molecule has 4 rings (SSSR count). The van der Waals surface area contributed by atoms with Crippen LogP contribution >= 0.6 is 0 Å². The molecule has 9 nitrogen and oxygen atoms in total. The minimum absolute atomic E-state index is 0.0594. The quantitative estimate of drug-likeness (QED) is 0.593. The van der Waals surface area contributed by atoms with Crippen LogP contribution in [0.4, 0.5) is 11.4 Å². The standard InChI is InChI=1S/C27H31N3O6/c1-18-27(33)30(17-26(32)29-13-5-4-6-14-29)21-16-20(9-11-22(21)36-18)28-25(31)12-8-19-7-10-23(34-2)24(15-19)35-3/h7-12,15-16,18H,4-6,13-14,17H2,1-3H3,(H,28,31)/b12-8+. The normalized spacial score (nSPS) is 17.4. The molecule has 2 aliphatic heterocycles. The van der Waals surface area contributed by atoms with E-state index in [9.17, 15) is 14.4 Å². The maximum atomic E-state index is 12.9. The third-order valence-corrected chi connectivity index (χ3v) is 6.27. The number of fused-ring (bicyclic) bond motifs is 1. The monoisotopic (exact) mass is 493 g/mol. The summed E-state index contributed by atoms with van der Waals surface area (Å²) in [6, 6.07) is 10.4. The highest BCUT2D eigenvalue weighted by Gasteiger charge is 2.34. The van der Waals surface area contributed by atoms with E-state index in [1.54, 1.807) is 62.5 Å². The summed E-state index contributed by atoms with van der Waals surface area (Å²) in [6.07, 6.45) is 5.43. The number of methoxy groups -OCH3 is 2. The van der Waals surface area contributed by atoms with Crippen molar-refractivity contribution < 1.29 is 28.6 Å². The number of benzene rings is 2. The summed E-state index contributed by atoms with van der Waals surface area (Å²) in [5, 5.41) is 2.81. The smallest absolute Gasteiger partial charge is 0.268 e. The number of ether oxygens (including phenoxy) is 3. The number of nitrogens with one attached hydrogen (secondary N) is 1. The molecular weight excluding hydrogens is 462 g/mol. The van der Waals surface area contributed by atoms with Crippen molar-refractivity contribution in [3.05, 3.63) is 48.0 Å². The lowest BCUT2D eigenvalue weighted by molar-refractivity contribution is -0.133. The Labute approximate surface area is 210 Å². The molecule has 2 aromatic carbocycles. The molecule has 36 heavy (non-hydrogen) atoms. The Morgan fingerprint density at radius 1 is 1.06 bits per heavy atom. The molecule has 1 N–H and O–H groups in total. The maximum Gasteiger partial charge on any atom is 0.268 e. The molecule has 0 aliphatic carbocycles. The first-order valence-corrected chi connectivity index (χ1v) is 12.0. The van der Waals surface area contributed by atoms with Crippen LogP contribution < -0.4 is 24.4 Å². The molecule has 190 valence electrons. The van der Waals surface area contributed by atoms with Gasteiger partial charge in [-0.05, 0) is 68.2 Å². The molecule has 0 aromatic heterocycles. The fourth-order valence-corrected chi connectivity index (χ4v) is 4.34. The van der Waals surface area contributed by atoms with E-state index in [4.69, 9.17) is 14.2 Å². The Kier molecular flexibility index (Phi) is 7.77. The summed E-state index contributed by atoms with van der Waals surface area (Å²) in [5.41, 5.74) is 1.71. The number of rotatable bonds is 7. The Bertz CT molecular complexity index is 1170. The molecule has 2 aromatic rings. The van der Waals surface area contributed by atoms with Crippen LogP contribution in [-0.2, 0) is 14.4 Å². The van der Waals surface area contributed by atoms with Gasteiger partial charge in [0.25, 0.3) is 5.91 Å². The molecule has 1 unspecified atom stereocenters. The van der Waals surface area contributed by atoms with Gasteiger partial charge in [-0.1, -0.05) is 6.07 Å². The predicted molar refractivity (Wildman–Crippen MR) is 137 cm³/mol. The topological polar surface area (TPSA) is 97.4 Å². The third-order valence-electron chi connectivity index (χ3n) is 6.27. The van der Waals surface area contributed by atoms with Gasteiger partial charge in [-0.3, -0.25) is 19.3 Å². The lowest BCUT2D eigenvalue weighted by Crippen LogP contribution is -2.50. The summed E-state index contributed by atoms with van der Waals surface area (Å²) in [7, 11) is 3.11. The molecule has 2 aliphatic rings. The second-order valence-electron chi connectivity index (χ2n) is 8.75. The van der Waals surface area contributed by atoms with Crippen molar-refractivity contribution in [1.29, 1.82) is 0 Å². The van der Waals surface area contributed by atoms with Crippen molar-refractivity contribution in [2.24, 2.45) is 0 Å². The van der Waals surface area contributed by atoms with E-state index in [0.717, 1.165) is 24.8 Å². The Hall–Kier alpha value is -4.01. The second kappa shape index (κ2) is 11.2. The highest BCUT2D eigenvalue weighted by atomic mass is 16.5. The molecule has 0 bridgehead atoms. The zero-order valence-corrected chi connectivity index (χ0v) is 20.8. The SMILES string of the molecule is COc1ccc(/C=C/C(=O)Nc2ccc3c(c2)N(CC(=O)N2CCCCC2)C(=O)C(C)O3)cc1OC. The van der Waals surface area contributed by atoms with Crippen molar-refractivity contribution in [2.75, 3.05) is 44.1 Å². The first-order valence-electron chi connectivity index (χ1n) is 12.0. The minimum atomic E-state index is -0.698. The number of amides is 3. The van der Waals surface area contributed by atoms with Gasteiger partial charge in [0.1, 0.15) is 12.3 Å². The van der Waals surface area contributed by atoms with Crippen LogP contribution in [0.15, 0.2) is 42.5 Å². The fraction of sp³-hybridized carbons (Fsp3) is 0.370. The lowest BCUT2D eigenvalue weighted by atomic mass is 10.1. The second-order valence-corrected chi connectivity index (χ2v) is 8.75. The number of carbonyl (C=O) groups excluding carboxylic acids is 3. The molecular formula is C27H31N3O6. The Morgan fingerprint density at radius 3 is 2.53 bits per heavy atom. The molecule has 1 fully saturated rings. The average molecular weight is 494 g/mol. The van der Waals surface area contributed by atoms with Crippen LogP contribution in [-0.4, -0.2) is 62.6 Å². The first-order chi connectivity index (χ1) is 17.4. The van der Waals surface area contributed by atoms with Crippen molar-refractivity contribution in [3.8, 4) is 17.2 Å². The van der Waals surface area contributed by atoms with E-state index in [1.807, 2.05) is 6.07 Å². The number of hydrogen-bond donors (Lipinski definition) is 1. The largest absolute Gasteiger partial charge is 0.493 e. The van der Waals surface area contributed by atoms with E-state index in [2.05, 4.69) is 5.32 Å². The van der Waals surface area contributed by atoms with E-state index in [1.165, 1.54) is 11.0 Å². The number of anilines is 2. The molecule has 1 atom stereocenters. The number of carbonyl (C=O) groups is 3. The van der Waals surface area contributed by atoms with Gasteiger partial charge in [0, 0.05) is 24.9 Å². The highest BCUT2D eigenvalue weighted by molar-refractivity contribution is 6.06. The number of hydrogen-bond acceptors (Lipinski definition) is 6. The van der Waals surface area contributed by atoms with Crippen molar-refractivity contribution in [2.45, 2.75) is 32.3 Å². The van der Waals surface area contributed by atoms with Gasteiger partial charge in [0.15, 0.2) is 17.6 Å². The van der Waals surface area contributed by atoms with E-state index in [-0.39, 0.29) is 24.3 Å². The van der Waals surface area contributed by atoms with Gasteiger partial charge in [-0.25, -0.2) is 0 Å². The van der Waals surface area contributed by atoms with Crippen LogP contribution in [0.2, 0.25) is 0 Å². The highest BCUT2D eigenvalue weighted by Crippen LogP contribution is 2.36. The van der Waals surface area contributed by atoms with Gasteiger partial charge in [0.05, 0.1) is 19.9 Å². The molecule has 0 spiro atoms. The summed E-state index contributed by atoms with van der Waals surface area (Å²) in [4.78, 5) is 41.7. The lowest BCUT2D eigenvalue weighted by Gasteiger charge is -2.35. The van der Waals surface area contributed by atoms with E-state index < -0.39 is 6.10 Å². The molecule has 2 heterocycles. The Morgan fingerprint density at radius 2 is 1.81 bits per heavy atom. The number of nitrogens with zero attached hydrogens (tertiary/aromatic N) is 2. The average Bonchev–Trinajstić information content (AvgIpc) is 2.90. The van der Waals surface area contributed by atoms with Gasteiger partial charge in [-0.2, -0.15) is 0 Å². The van der Waals surface area contributed by atoms with Crippen LogP contribution in [0.1, 0.15) is 31.7 Å². The maximum absolute atomic E-state index is 12.9. The van der Waals surface area contributed by atoms with Crippen LogP contribution in [0.5, 0.6) is 17.2 Å². The molecule has 9 heteroatoms. The molecule has 1 saturated heterocycles. The van der Waals surface area contributed by atoms with E-state index in [0.29, 0.717) is 41.7 Å². The van der Waals surface area contributed by atoms with E-state index >= 15 is 0 Å². The van der Waals surface area contributed by atoms with Crippen LogP contribution in [0, 0.1) is 0 Å². The van der Waals surface area contributed by atoms with Gasteiger partial charge < -0.3 is 24.4 Å². The van der Waals surface area contributed by atoms with Crippen LogP contribution in [0.25, 0.3) is 6.08 Å². The molecule has 0 saturated carbocycles. The van der Waals surface area contributed by atoms with Gasteiger partial charge >= 0.3 is 0 Å². The third kappa shape index (κ3) is 5.62. The molecule has 0 radical (unpaired) electrons. The summed E-state index contributed by atoms with van der Waals surface area (Å²) >= 11 is 0. The van der Waals surface area contributed by atoms with Gasteiger partial charge in [-0.15, -0.1) is 0 Å². The number of likely N-dealkylation sites (tertiary alicyclic amines) is 1. The van der Waals surface area contributed by atoms with Gasteiger partial charge in [0.2, 0.25) is 11.8 Å². The summed E-state index contributed by atoms with van der Waals surface area (Å²) in [6.45, 7) is 3.03.